The molecular weight excluding hydrogens is 328 g/mol. The number of aliphatic hydroxyl groups excluding tert-OH is 1. The maximum absolute atomic E-state index is 11.9. The molecule has 4 N–H and O–H groups in total. The molecule has 8 nitrogen and oxygen atoms in total. The Kier molecular flexibility index (Phi) is 8.03. The van der Waals surface area contributed by atoms with Crippen LogP contribution in [0.1, 0.15) is 5.56 Å². The maximum Gasteiger partial charge on any atom is 0.320 e. The first-order valence-corrected chi connectivity index (χ1v) is 7.13. The molecule has 0 spiro atoms. The second-order valence-electron chi connectivity index (χ2n) is 4.50. The van der Waals surface area contributed by atoms with E-state index in [1.54, 1.807) is 24.3 Å². The summed E-state index contributed by atoms with van der Waals surface area (Å²) in [6.45, 7) is -0.527. The smallest absolute Gasteiger partial charge is 0.320 e. The van der Waals surface area contributed by atoms with E-state index in [2.05, 4.69) is 4.74 Å². The number of primary amides is 1. The molecule has 0 saturated carbocycles. The molecule has 1 aromatic carbocycles. The quantitative estimate of drug-likeness (QED) is 0.239. The summed E-state index contributed by atoms with van der Waals surface area (Å²) in [5.74, 6) is -4.87. The monoisotopic (exact) mass is 344 g/mol. The fourth-order valence-corrected chi connectivity index (χ4v) is 1.71. The van der Waals surface area contributed by atoms with Crippen LogP contribution in [0.4, 0.5) is 0 Å². The van der Waals surface area contributed by atoms with Gasteiger partial charge in [0.2, 0.25) is 5.91 Å². The number of rotatable bonds is 9. The van der Waals surface area contributed by atoms with Crippen LogP contribution < -0.4 is 11.2 Å². The molecule has 2 amide bonds. The van der Waals surface area contributed by atoms with Gasteiger partial charge in [0.05, 0.1) is 6.61 Å². The molecule has 23 heavy (non-hydrogen) atoms. The second-order valence-corrected chi connectivity index (χ2v) is 4.77. The molecule has 0 aliphatic carbocycles. The minimum absolute atomic E-state index is 0.0649. The molecule has 0 aliphatic heterocycles. The molecule has 0 bridgehead atoms. The van der Waals surface area contributed by atoms with Gasteiger partial charge in [-0.15, -0.1) is 11.6 Å². The van der Waals surface area contributed by atoms with Crippen LogP contribution in [0.15, 0.2) is 30.3 Å². The Hall–Kier alpha value is -2.16. The van der Waals surface area contributed by atoms with E-state index in [1.165, 1.54) is 0 Å². The topological polar surface area (TPSA) is 128 Å². The van der Waals surface area contributed by atoms with E-state index in [4.69, 9.17) is 22.2 Å². The SMILES string of the molecule is NC(=O)[C@@H](C(=O)NOCc1ccccc1)[C@H](O)COC(=O)CCl. The summed E-state index contributed by atoms with van der Waals surface area (Å²) in [6.07, 6.45) is -1.61. The van der Waals surface area contributed by atoms with Gasteiger partial charge >= 0.3 is 5.97 Å². The number of amides is 2. The Labute approximate surface area is 137 Å². The largest absolute Gasteiger partial charge is 0.462 e. The highest BCUT2D eigenvalue weighted by Crippen LogP contribution is 2.06. The number of nitrogens with one attached hydrogen (secondary N) is 1. The fraction of sp³-hybridized carbons (Fsp3) is 0.357. The Morgan fingerprint density at radius 1 is 1.26 bits per heavy atom. The Bertz CT molecular complexity index is 539. The number of alkyl halides is 1. The molecule has 9 heteroatoms. The van der Waals surface area contributed by atoms with Crippen molar-refractivity contribution in [2.24, 2.45) is 11.7 Å². The average Bonchev–Trinajstić information content (AvgIpc) is 2.53. The van der Waals surface area contributed by atoms with Crippen molar-refractivity contribution in [3.63, 3.8) is 0 Å². The van der Waals surface area contributed by atoms with Crippen molar-refractivity contribution in [2.45, 2.75) is 12.7 Å². The molecule has 0 saturated heterocycles. The molecule has 2 atom stereocenters. The van der Waals surface area contributed by atoms with Gasteiger partial charge in [0, 0.05) is 0 Å². The lowest BCUT2D eigenvalue weighted by molar-refractivity contribution is -0.155. The van der Waals surface area contributed by atoms with Crippen molar-refractivity contribution < 1.29 is 29.1 Å². The van der Waals surface area contributed by atoms with Gasteiger partial charge < -0.3 is 15.6 Å². The number of hydroxylamine groups is 1. The lowest BCUT2D eigenvalue weighted by Crippen LogP contribution is -2.47. The van der Waals surface area contributed by atoms with Gasteiger partial charge in [-0.3, -0.25) is 19.2 Å². The van der Waals surface area contributed by atoms with Gasteiger partial charge in [-0.1, -0.05) is 30.3 Å². The lowest BCUT2D eigenvalue weighted by atomic mass is 10.0. The van der Waals surface area contributed by atoms with Crippen molar-refractivity contribution in [3.05, 3.63) is 35.9 Å². The summed E-state index contributed by atoms with van der Waals surface area (Å²) in [4.78, 5) is 39.0. The molecule has 1 aromatic rings. The highest BCUT2D eigenvalue weighted by molar-refractivity contribution is 6.26. The molecule has 0 heterocycles. The minimum atomic E-state index is -1.63. The van der Waals surface area contributed by atoms with E-state index in [1.807, 2.05) is 11.5 Å². The van der Waals surface area contributed by atoms with Gasteiger partial charge in [-0.05, 0) is 5.56 Å². The van der Waals surface area contributed by atoms with Crippen LogP contribution in [-0.2, 0) is 30.6 Å². The summed E-state index contributed by atoms with van der Waals surface area (Å²) in [5, 5.41) is 9.77. The highest BCUT2D eigenvalue weighted by Gasteiger charge is 2.33. The van der Waals surface area contributed by atoms with E-state index in [0.717, 1.165) is 5.56 Å². The number of hydrogen-bond donors (Lipinski definition) is 3. The van der Waals surface area contributed by atoms with Gasteiger partial charge in [0.15, 0.2) is 0 Å². The number of hydrogen-bond acceptors (Lipinski definition) is 6. The zero-order valence-corrected chi connectivity index (χ0v) is 12.9. The molecular formula is C14H17ClN2O6. The van der Waals surface area contributed by atoms with E-state index >= 15 is 0 Å². The van der Waals surface area contributed by atoms with E-state index in [0.29, 0.717) is 0 Å². The lowest BCUT2D eigenvalue weighted by Gasteiger charge is -2.19. The first-order chi connectivity index (χ1) is 11.0. The summed E-state index contributed by atoms with van der Waals surface area (Å²) in [6, 6.07) is 8.96. The number of halogens is 1. The zero-order chi connectivity index (χ0) is 17.2. The summed E-state index contributed by atoms with van der Waals surface area (Å²) in [7, 11) is 0. The second kappa shape index (κ2) is 9.78. The third-order valence-corrected chi connectivity index (χ3v) is 2.97. The standard InChI is InChI=1S/C14H17ClN2O6/c15-6-11(19)22-8-10(18)12(13(16)20)14(21)17-23-7-9-4-2-1-3-5-9/h1-5,10,12,18H,6-8H2,(H2,16,20)(H,17,21)/t10-,12+/m1/s1. The van der Waals surface area contributed by atoms with E-state index in [-0.39, 0.29) is 6.61 Å². The summed E-state index contributed by atoms with van der Waals surface area (Å²) in [5.41, 5.74) is 7.90. The molecule has 1 rings (SSSR count). The third kappa shape index (κ3) is 6.64. The fourth-order valence-electron chi connectivity index (χ4n) is 1.63. The van der Waals surface area contributed by atoms with Gasteiger partial charge in [-0.2, -0.15) is 0 Å². The van der Waals surface area contributed by atoms with Crippen LogP contribution in [0.5, 0.6) is 0 Å². The minimum Gasteiger partial charge on any atom is -0.462 e. The van der Waals surface area contributed by atoms with Crippen molar-refractivity contribution in [3.8, 4) is 0 Å². The number of esters is 1. The highest BCUT2D eigenvalue weighted by atomic mass is 35.5. The van der Waals surface area contributed by atoms with Gasteiger partial charge in [0.25, 0.3) is 5.91 Å². The summed E-state index contributed by atoms with van der Waals surface area (Å²) < 4.78 is 4.56. The van der Waals surface area contributed by atoms with Gasteiger partial charge in [0.1, 0.15) is 24.5 Å². The van der Waals surface area contributed by atoms with Crippen molar-refractivity contribution in [1.82, 2.24) is 5.48 Å². The molecule has 0 radical (unpaired) electrons. The van der Waals surface area contributed by atoms with Crippen LogP contribution in [0.3, 0.4) is 0 Å². The predicted octanol–water partition coefficient (Wildman–Crippen LogP) is -0.521. The van der Waals surface area contributed by atoms with Crippen molar-refractivity contribution in [1.29, 1.82) is 0 Å². The molecule has 0 unspecified atom stereocenters. The number of nitrogens with two attached hydrogens (primary N) is 1. The molecule has 126 valence electrons. The van der Waals surface area contributed by atoms with Crippen LogP contribution >= 0.6 is 11.6 Å². The van der Waals surface area contributed by atoms with E-state index in [9.17, 15) is 19.5 Å². The molecule has 0 fully saturated rings. The molecule has 0 aromatic heterocycles. The Balaban J connectivity index is 2.50. The summed E-state index contributed by atoms with van der Waals surface area (Å²) >= 11 is 5.22. The Morgan fingerprint density at radius 3 is 2.48 bits per heavy atom. The first-order valence-electron chi connectivity index (χ1n) is 6.60. The van der Waals surface area contributed by atoms with Crippen LogP contribution in [-0.4, -0.2) is 41.5 Å². The number of carbonyl (C=O) groups excluding carboxylic acids is 3. The Morgan fingerprint density at radius 2 is 1.91 bits per heavy atom. The van der Waals surface area contributed by atoms with Crippen molar-refractivity contribution in [2.75, 3.05) is 12.5 Å². The molecule has 0 aliphatic rings. The predicted molar refractivity (Wildman–Crippen MR) is 79.7 cm³/mol. The van der Waals surface area contributed by atoms with Gasteiger partial charge in [-0.25, -0.2) is 5.48 Å². The average molecular weight is 345 g/mol. The van der Waals surface area contributed by atoms with Crippen LogP contribution in [0.25, 0.3) is 0 Å². The number of carbonyl (C=O) groups is 3. The van der Waals surface area contributed by atoms with Crippen LogP contribution in [0, 0.1) is 5.92 Å². The maximum atomic E-state index is 11.9. The normalized spacial score (nSPS) is 13.0. The first kappa shape index (κ1) is 18.9. The number of aliphatic hydroxyl groups is 1. The third-order valence-electron chi connectivity index (χ3n) is 2.75. The number of benzene rings is 1. The van der Waals surface area contributed by atoms with E-state index < -0.39 is 42.3 Å². The van der Waals surface area contributed by atoms with Crippen LogP contribution in [0.2, 0.25) is 0 Å². The zero-order valence-electron chi connectivity index (χ0n) is 12.1. The number of ether oxygens (including phenoxy) is 1. The van der Waals surface area contributed by atoms with Crippen molar-refractivity contribution >= 4 is 29.4 Å².